The van der Waals surface area contributed by atoms with Gasteiger partial charge in [-0.1, -0.05) is 12.1 Å². The summed E-state index contributed by atoms with van der Waals surface area (Å²) in [6, 6.07) is 4.07. The molecule has 1 heterocycles. The molecular weight excluding hydrogens is 262 g/mol. The van der Waals surface area contributed by atoms with Gasteiger partial charge < -0.3 is 14.6 Å². The zero-order valence-corrected chi connectivity index (χ0v) is 11.0. The molecule has 0 bridgehead atoms. The van der Waals surface area contributed by atoms with E-state index in [1.54, 1.807) is 25.1 Å². The van der Waals surface area contributed by atoms with Gasteiger partial charge >= 0.3 is 11.6 Å². The third-order valence-electron chi connectivity index (χ3n) is 2.92. The number of carboxylic acids is 1. The Morgan fingerprint density at radius 2 is 2.15 bits per heavy atom. The number of carbonyl (C=O) groups is 1. The first-order valence-electron chi connectivity index (χ1n) is 5.93. The van der Waals surface area contributed by atoms with E-state index in [4.69, 9.17) is 9.52 Å². The first-order chi connectivity index (χ1) is 9.41. The summed E-state index contributed by atoms with van der Waals surface area (Å²) in [5.41, 5.74) is 0.109. The van der Waals surface area contributed by atoms with E-state index in [0.29, 0.717) is 11.0 Å². The zero-order valence-electron chi connectivity index (χ0n) is 11.0. The molecule has 20 heavy (non-hydrogen) atoms. The smallest absolute Gasteiger partial charge is 0.348 e. The van der Waals surface area contributed by atoms with Crippen molar-refractivity contribution in [3.63, 3.8) is 0 Å². The van der Waals surface area contributed by atoms with Crippen LogP contribution in [0.1, 0.15) is 18.1 Å². The number of rotatable bonds is 3. The van der Waals surface area contributed by atoms with E-state index < -0.39 is 17.6 Å². The standard InChI is InChI=1S/C14H13NO5/c1-7-4-3-5-9-11(16)10(14(19)20-12(7)9)6-15-8(2)13(17)18/h3-6,8,16H,1-2H3,(H,17,18). The molecule has 1 aromatic carbocycles. The van der Waals surface area contributed by atoms with Crippen molar-refractivity contribution in [2.75, 3.05) is 0 Å². The van der Waals surface area contributed by atoms with Crippen LogP contribution in [0.4, 0.5) is 0 Å². The Labute approximate surface area is 114 Å². The Kier molecular flexibility index (Phi) is 3.56. The third-order valence-corrected chi connectivity index (χ3v) is 2.92. The Hall–Kier alpha value is -2.63. The molecule has 1 aromatic heterocycles. The van der Waals surface area contributed by atoms with E-state index in [1.165, 1.54) is 6.92 Å². The second kappa shape index (κ2) is 5.16. The van der Waals surface area contributed by atoms with Gasteiger partial charge in [-0.2, -0.15) is 0 Å². The van der Waals surface area contributed by atoms with E-state index >= 15 is 0 Å². The summed E-state index contributed by atoms with van der Waals surface area (Å²) >= 11 is 0. The van der Waals surface area contributed by atoms with E-state index in [1.807, 2.05) is 0 Å². The number of nitrogens with zero attached hydrogens (tertiary/aromatic N) is 1. The monoisotopic (exact) mass is 275 g/mol. The van der Waals surface area contributed by atoms with Gasteiger partial charge in [0.2, 0.25) is 0 Å². The number of fused-ring (bicyclic) bond motifs is 1. The predicted octanol–water partition coefficient (Wildman–Crippen LogP) is 1.70. The van der Waals surface area contributed by atoms with Crippen LogP contribution in [0.3, 0.4) is 0 Å². The average Bonchev–Trinajstić information content (AvgIpc) is 2.39. The fourth-order valence-electron chi connectivity index (χ4n) is 1.73. The molecule has 0 radical (unpaired) electrons. The number of hydrogen-bond donors (Lipinski definition) is 2. The lowest BCUT2D eigenvalue weighted by Crippen LogP contribution is -2.15. The van der Waals surface area contributed by atoms with Crippen molar-refractivity contribution >= 4 is 23.2 Å². The van der Waals surface area contributed by atoms with Crippen molar-refractivity contribution in [2.45, 2.75) is 19.9 Å². The first-order valence-corrected chi connectivity index (χ1v) is 5.93. The molecule has 6 heteroatoms. The lowest BCUT2D eigenvalue weighted by molar-refractivity contribution is -0.137. The first kappa shape index (κ1) is 13.8. The number of para-hydroxylation sites is 1. The fraction of sp³-hybridized carbons (Fsp3) is 0.214. The summed E-state index contributed by atoms with van der Waals surface area (Å²) < 4.78 is 5.14. The molecule has 2 aromatic rings. The minimum atomic E-state index is -1.12. The van der Waals surface area contributed by atoms with E-state index in [9.17, 15) is 14.7 Å². The average molecular weight is 275 g/mol. The third kappa shape index (κ3) is 2.40. The molecule has 104 valence electrons. The van der Waals surface area contributed by atoms with Crippen molar-refractivity contribution in [1.82, 2.24) is 0 Å². The number of aliphatic carboxylic acids is 1. The highest BCUT2D eigenvalue weighted by Gasteiger charge is 2.14. The highest BCUT2D eigenvalue weighted by molar-refractivity contribution is 5.95. The van der Waals surface area contributed by atoms with Crippen LogP contribution in [-0.4, -0.2) is 28.4 Å². The van der Waals surface area contributed by atoms with Crippen LogP contribution >= 0.6 is 0 Å². The normalized spacial score (nSPS) is 12.9. The van der Waals surface area contributed by atoms with Crippen molar-refractivity contribution in [1.29, 1.82) is 0 Å². The fourth-order valence-corrected chi connectivity index (χ4v) is 1.73. The topological polar surface area (TPSA) is 100 Å². The maximum atomic E-state index is 11.8. The quantitative estimate of drug-likeness (QED) is 0.656. The van der Waals surface area contributed by atoms with Crippen LogP contribution in [0, 0.1) is 6.92 Å². The second-order valence-corrected chi connectivity index (χ2v) is 4.40. The van der Waals surface area contributed by atoms with Gasteiger partial charge in [0.15, 0.2) is 0 Å². The summed E-state index contributed by atoms with van der Waals surface area (Å²) in [6.45, 7) is 3.12. The highest BCUT2D eigenvalue weighted by Crippen LogP contribution is 2.27. The molecule has 0 spiro atoms. The van der Waals surface area contributed by atoms with Crippen LogP contribution in [-0.2, 0) is 4.79 Å². The maximum Gasteiger partial charge on any atom is 0.348 e. The van der Waals surface area contributed by atoms with Gasteiger partial charge in [-0.05, 0) is 25.5 Å². The maximum absolute atomic E-state index is 11.8. The summed E-state index contributed by atoms with van der Waals surface area (Å²) in [4.78, 5) is 26.2. The molecule has 2 rings (SSSR count). The molecule has 0 amide bonds. The molecule has 0 aliphatic rings. The van der Waals surface area contributed by atoms with Crippen LogP contribution in [0.5, 0.6) is 5.75 Å². The summed E-state index contributed by atoms with van der Waals surface area (Å²) in [6.07, 6.45) is 1.03. The van der Waals surface area contributed by atoms with Crippen LogP contribution in [0.25, 0.3) is 11.0 Å². The van der Waals surface area contributed by atoms with Gasteiger partial charge in [0.05, 0.1) is 5.39 Å². The van der Waals surface area contributed by atoms with E-state index in [2.05, 4.69) is 4.99 Å². The molecule has 0 aliphatic carbocycles. The molecule has 0 saturated carbocycles. The number of hydrogen-bond acceptors (Lipinski definition) is 5. The van der Waals surface area contributed by atoms with Gasteiger partial charge in [-0.3, -0.25) is 4.99 Å². The summed E-state index contributed by atoms with van der Waals surface area (Å²) in [5.74, 6) is -1.39. The van der Waals surface area contributed by atoms with Crippen molar-refractivity contribution in [3.8, 4) is 5.75 Å². The molecule has 6 nitrogen and oxygen atoms in total. The van der Waals surface area contributed by atoms with Crippen LogP contribution < -0.4 is 5.63 Å². The summed E-state index contributed by atoms with van der Waals surface area (Å²) in [5, 5.41) is 19.2. The van der Waals surface area contributed by atoms with Crippen molar-refractivity contribution < 1.29 is 19.4 Å². The minimum Gasteiger partial charge on any atom is -0.506 e. The highest BCUT2D eigenvalue weighted by atomic mass is 16.4. The second-order valence-electron chi connectivity index (χ2n) is 4.40. The van der Waals surface area contributed by atoms with E-state index in [-0.39, 0.29) is 11.3 Å². The van der Waals surface area contributed by atoms with E-state index in [0.717, 1.165) is 11.8 Å². The number of aromatic hydroxyl groups is 1. The van der Waals surface area contributed by atoms with Gasteiger partial charge in [0, 0.05) is 6.21 Å². The number of aryl methyl sites for hydroxylation is 1. The zero-order chi connectivity index (χ0) is 14.9. The van der Waals surface area contributed by atoms with Crippen LogP contribution in [0.15, 0.2) is 32.4 Å². The molecule has 0 saturated heterocycles. The molecule has 0 aliphatic heterocycles. The van der Waals surface area contributed by atoms with Gasteiger partial charge in [-0.25, -0.2) is 9.59 Å². The number of benzene rings is 1. The molecular formula is C14H13NO5. The summed E-state index contributed by atoms with van der Waals surface area (Å²) in [7, 11) is 0. The Bertz CT molecular complexity index is 760. The van der Waals surface area contributed by atoms with Gasteiger partial charge in [0.1, 0.15) is 22.9 Å². The SMILES string of the molecule is Cc1cccc2c(O)c(C=NC(C)C(=O)O)c(=O)oc12. The van der Waals surface area contributed by atoms with Gasteiger partial charge in [0.25, 0.3) is 0 Å². The predicted molar refractivity (Wildman–Crippen MR) is 73.6 cm³/mol. The van der Waals surface area contributed by atoms with Crippen molar-refractivity contribution in [2.24, 2.45) is 4.99 Å². The minimum absolute atomic E-state index is 0.156. The van der Waals surface area contributed by atoms with Crippen molar-refractivity contribution in [3.05, 3.63) is 39.7 Å². The van der Waals surface area contributed by atoms with Gasteiger partial charge in [-0.15, -0.1) is 0 Å². The Balaban J connectivity index is 2.61. The lowest BCUT2D eigenvalue weighted by Gasteiger charge is -2.05. The largest absolute Gasteiger partial charge is 0.506 e. The Morgan fingerprint density at radius 1 is 1.45 bits per heavy atom. The van der Waals surface area contributed by atoms with Crippen LogP contribution in [0.2, 0.25) is 0 Å². The number of aliphatic imine (C=N–C) groups is 1. The molecule has 1 atom stereocenters. The molecule has 0 fully saturated rings. The number of carboxylic acid groups (broad SMARTS) is 1. The molecule has 1 unspecified atom stereocenters. The Morgan fingerprint density at radius 3 is 2.80 bits per heavy atom. The molecule has 2 N–H and O–H groups in total. The lowest BCUT2D eigenvalue weighted by atomic mass is 10.1.